The van der Waals surface area contributed by atoms with Crippen molar-refractivity contribution in [3.63, 3.8) is 0 Å². The van der Waals surface area contributed by atoms with Crippen molar-refractivity contribution in [2.45, 2.75) is 13.3 Å². The van der Waals surface area contributed by atoms with Gasteiger partial charge in [-0.3, -0.25) is 4.79 Å². The molecule has 0 aliphatic carbocycles. The van der Waals surface area contributed by atoms with Crippen LogP contribution in [0.2, 0.25) is 0 Å². The van der Waals surface area contributed by atoms with E-state index in [1.165, 1.54) is 12.1 Å². The minimum atomic E-state index is -0.446. The maximum absolute atomic E-state index is 12.9. The number of para-hydroxylation sites is 1. The molecule has 21 heavy (non-hydrogen) atoms. The lowest BCUT2D eigenvalue weighted by Gasteiger charge is -2.11. The SMILES string of the molecule is CCc1ccccc1OCC(=O)Nc1ccc(F)cc1N. The highest BCUT2D eigenvalue weighted by molar-refractivity contribution is 5.94. The summed E-state index contributed by atoms with van der Waals surface area (Å²) < 4.78 is 18.4. The van der Waals surface area contributed by atoms with Crippen molar-refractivity contribution in [1.29, 1.82) is 0 Å². The summed E-state index contributed by atoms with van der Waals surface area (Å²) in [4.78, 5) is 11.8. The summed E-state index contributed by atoms with van der Waals surface area (Å²) in [5.41, 5.74) is 7.21. The summed E-state index contributed by atoms with van der Waals surface area (Å²) in [6.45, 7) is 1.88. The zero-order chi connectivity index (χ0) is 15.2. The molecule has 0 unspecified atom stereocenters. The van der Waals surface area contributed by atoms with Crippen LogP contribution in [-0.4, -0.2) is 12.5 Å². The largest absolute Gasteiger partial charge is 0.483 e. The first kappa shape index (κ1) is 14.8. The summed E-state index contributed by atoms with van der Waals surface area (Å²) in [7, 11) is 0. The lowest BCUT2D eigenvalue weighted by molar-refractivity contribution is -0.118. The Bertz CT molecular complexity index is 644. The summed E-state index contributed by atoms with van der Waals surface area (Å²) in [5.74, 6) is -0.111. The zero-order valence-corrected chi connectivity index (χ0v) is 11.7. The number of aryl methyl sites for hydroxylation is 1. The van der Waals surface area contributed by atoms with Gasteiger partial charge >= 0.3 is 0 Å². The Hall–Kier alpha value is -2.56. The molecule has 0 aliphatic heterocycles. The zero-order valence-electron chi connectivity index (χ0n) is 11.7. The maximum Gasteiger partial charge on any atom is 0.262 e. The monoisotopic (exact) mass is 288 g/mol. The van der Waals surface area contributed by atoms with Gasteiger partial charge in [0.25, 0.3) is 5.91 Å². The molecular formula is C16H17FN2O2. The fraction of sp³-hybridized carbons (Fsp3) is 0.188. The van der Waals surface area contributed by atoms with Gasteiger partial charge in [-0.1, -0.05) is 25.1 Å². The van der Waals surface area contributed by atoms with Crippen LogP contribution in [0, 0.1) is 5.82 Å². The van der Waals surface area contributed by atoms with Gasteiger partial charge in [0.2, 0.25) is 0 Å². The van der Waals surface area contributed by atoms with Crippen LogP contribution in [0.15, 0.2) is 42.5 Å². The molecule has 0 fully saturated rings. The van der Waals surface area contributed by atoms with Crippen LogP contribution in [0.25, 0.3) is 0 Å². The number of hydrogen-bond donors (Lipinski definition) is 2. The highest BCUT2D eigenvalue weighted by atomic mass is 19.1. The minimum Gasteiger partial charge on any atom is -0.483 e. The van der Waals surface area contributed by atoms with E-state index in [-0.39, 0.29) is 18.2 Å². The highest BCUT2D eigenvalue weighted by Gasteiger charge is 2.08. The highest BCUT2D eigenvalue weighted by Crippen LogP contribution is 2.20. The standard InChI is InChI=1S/C16H17FN2O2/c1-2-11-5-3-4-6-15(11)21-10-16(20)19-14-8-7-12(17)9-13(14)18/h3-9H,2,10,18H2,1H3,(H,19,20). The number of benzene rings is 2. The summed E-state index contributed by atoms with van der Waals surface area (Å²) >= 11 is 0. The second-order valence-electron chi connectivity index (χ2n) is 4.53. The second-order valence-corrected chi connectivity index (χ2v) is 4.53. The van der Waals surface area contributed by atoms with Crippen molar-refractivity contribution < 1.29 is 13.9 Å². The fourth-order valence-corrected chi connectivity index (χ4v) is 1.91. The molecule has 0 aliphatic rings. The number of anilines is 2. The lowest BCUT2D eigenvalue weighted by Crippen LogP contribution is -2.21. The van der Waals surface area contributed by atoms with Crippen molar-refractivity contribution in [1.82, 2.24) is 0 Å². The summed E-state index contributed by atoms with van der Waals surface area (Å²) in [6, 6.07) is 11.4. The molecule has 0 atom stereocenters. The third-order valence-electron chi connectivity index (χ3n) is 3.00. The van der Waals surface area contributed by atoms with Crippen molar-refractivity contribution in [2.24, 2.45) is 0 Å². The summed E-state index contributed by atoms with van der Waals surface area (Å²) in [5, 5.41) is 2.59. The molecule has 110 valence electrons. The third-order valence-corrected chi connectivity index (χ3v) is 3.00. The van der Waals surface area contributed by atoms with Crippen LogP contribution in [-0.2, 0) is 11.2 Å². The van der Waals surface area contributed by atoms with E-state index in [0.29, 0.717) is 11.4 Å². The molecule has 0 aromatic heterocycles. The topological polar surface area (TPSA) is 64.3 Å². The van der Waals surface area contributed by atoms with Crippen molar-refractivity contribution in [3.05, 3.63) is 53.8 Å². The number of amides is 1. The van der Waals surface area contributed by atoms with Crippen LogP contribution in [0.5, 0.6) is 5.75 Å². The van der Waals surface area contributed by atoms with Gasteiger partial charge in [-0.25, -0.2) is 4.39 Å². The van der Waals surface area contributed by atoms with Crippen LogP contribution < -0.4 is 15.8 Å². The quantitative estimate of drug-likeness (QED) is 0.831. The molecule has 0 radical (unpaired) electrons. The van der Waals surface area contributed by atoms with E-state index in [1.807, 2.05) is 31.2 Å². The molecule has 0 saturated heterocycles. The normalized spacial score (nSPS) is 10.2. The Morgan fingerprint density at radius 1 is 1.29 bits per heavy atom. The molecule has 0 spiro atoms. The first-order chi connectivity index (χ1) is 10.1. The average Bonchev–Trinajstić information content (AvgIpc) is 2.48. The Labute approximate surface area is 122 Å². The molecule has 2 aromatic rings. The number of rotatable bonds is 5. The molecule has 5 heteroatoms. The lowest BCUT2D eigenvalue weighted by atomic mass is 10.1. The van der Waals surface area contributed by atoms with Crippen LogP contribution >= 0.6 is 0 Å². The second kappa shape index (κ2) is 6.74. The Morgan fingerprint density at radius 2 is 2.05 bits per heavy atom. The molecule has 2 aromatic carbocycles. The van der Waals surface area contributed by atoms with Gasteiger partial charge in [0.15, 0.2) is 6.61 Å². The number of ether oxygens (including phenoxy) is 1. The van der Waals surface area contributed by atoms with Gasteiger partial charge in [0.05, 0.1) is 11.4 Å². The number of nitrogens with two attached hydrogens (primary N) is 1. The van der Waals surface area contributed by atoms with Gasteiger partial charge in [0, 0.05) is 0 Å². The number of hydrogen-bond acceptors (Lipinski definition) is 3. The molecule has 1 amide bonds. The molecule has 2 rings (SSSR count). The van der Waals surface area contributed by atoms with Crippen LogP contribution in [0.3, 0.4) is 0 Å². The Kier molecular flexibility index (Phi) is 4.77. The fourth-order valence-electron chi connectivity index (χ4n) is 1.91. The Balaban J connectivity index is 1.96. The molecular weight excluding hydrogens is 271 g/mol. The number of nitrogen functional groups attached to an aromatic ring is 1. The third kappa shape index (κ3) is 3.95. The molecule has 0 bridgehead atoms. The van der Waals surface area contributed by atoms with Gasteiger partial charge in [-0.05, 0) is 36.2 Å². The van der Waals surface area contributed by atoms with Crippen molar-refractivity contribution >= 4 is 17.3 Å². The maximum atomic E-state index is 12.9. The average molecular weight is 288 g/mol. The van der Waals surface area contributed by atoms with E-state index in [0.717, 1.165) is 18.1 Å². The van der Waals surface area contributed by atoms with Crippen LogP contribution in [0.4, 0.5) is 15.8 Å². The van der Waals surface area contributed by atoms with Gasteiger partial charge in [0.1, 0.15) is 11.6 Å². The molecule has 0 heterocycles. The van der Waals surface area contributed by atoms with Crippen molar-refractivity contribution in [2.75, 3.05) is 17.7 Å². The van der Waals surface area contributed by atoms with Gasteiger partial charge < -0.3 is 15.8 Å². The predicted molar refractivity (Wildman–Crippen MR) is 80.8 cm³/mol. The Morgan fingerprint density at radius 3 is 2.76 bits per heavy atom. The van der Waals surface area contributed by atoms with E-state index in [4.69, 9.17) is 10.5 Å². The van der Waals surface area contributed by atoms with Crippen LogP contribution in [0.1, 0.15) is 12.5 Å². The van der Waals surface area contributed by atoms with Crippen molar-refractivity contribution in [3.8, 4) is 5.75 Å². The van der Waals surface area contributed by atoms with E-state index in [1.54, 1.807) is 0 Å². The molecule has 4 nitrogen and oxygen atoms in total. The minimum absolute atomic E-state index is 0.131. The number of halogens is 1. The summed E-state index contributed by atoms with van der Waals surface area (Å²) in [6.07, 6.45) is 0.822. The number of carbonyl (C=O) groups is 1. The van der Waals surface area contributed by atoms with E-state index in [9.17, 15) is 9.18 Å². The van der Waals surface area contributed by atoms with E-state index < -0.39 is 5.82 Å². The van der Waals surface area contributed by atoms with Gasteiger partial charge in [-0.2, -0.15) is 0 Å². The number of carbonyl (C=O) groups excluding carboxylic acids is 1. The predicted octanol–water partition coefficient (Wildman–Crippen LogP) is 2.99. The smallest absolute Gasteiger partial charge is 0.262 e. The molecule has 3 N–H and O–H groups in total. The van der Waals surface area contributed by atoms with Gasteiger partial charge in [-0.15, -0.1) is 0 Å². The number of nitrogens with one attached hydrogen (secondary N) is 1. The van der Waals surface area contributed by atoms with E-state index >= 15 is 0 Å². The van der Waals surface area contributed by atoms with E-state index in [2.05, 4.69) is 5.32 Å². The first-order valence-electron chi connectivity index (χ1n) is 6.65. The molecule has 0 saturated carbocycles. The first-order valence-corrected chi connectivity index (χ1v) is 6.65.